The molecule has 0 N–H and O–H groups in total. The van der Waals surface area contributed by atoms with Crippen LogP contribution in [0.5, 0.6) is 0 Å². The predicted octanol–water partition coefficient (Wildman–Crippen LogP) is 5.35. The molecule has 0 saturated carbocycles. The number of nitrogens with zero attached hydrogens (tertiary/aromatic N) is 4. The summed E-state index contributed by atoms with van der Waals surface area (Å²) < 4.78 is 29.3. The van der Waals surface area contributed by atoms with Gasteiger partial charge in [-0.05, 0) is 79.8 Å². The molecule has 186 valence electrons. The summed E-state index contributed by atoms with van der Waals surface area (Å²) in [4.78, 5) is 24.8. The highest BCUT2D eigenvalue weighted by Crippen LogP contribution is 2.35. The van der Waals surface area contributed by atoms with Gasteiger partial charge in [-0.3, -0.25) is 14.7 Å². The van der Waals surface area contributed by atoms with E-state index in [4.69, 9.17) is 16.6 Å². The quantitative estimate of drug-likeness (QED) is 0.329. The molecule has 36 heavy (non-hydrogen) atoms. The van der Waals surface area contributed by atoms with E-state index in [-0.39, 0.29) is 23.9 Å². The van der Waals surface area contributed by atoms with Gasteiger partial charge in [0.25, 0.3) is 0 Å². The second-order valence-electron chi connectivity index (χ2n) is 8.86. The first-order chi connectivity index (χ1) is 17.3. The van der Waals surface area contributed by atoms with Crippen molar-refractivity contribution in [1.29, 1.82) is 0 Å². The number of fused-ring (bicyclic) bond motifs is 1. The van der Waals surface area contributed by atoms with Gasteiger partial charge in [0, 0.05) is 24.0 Å². The summed E-state index contributed by atoms with van der Waals surface area (Å²) in [5.74, 6) is -0.290. The van der Waals surface area contributed by atoms with Gasteiger partial charge in [-0.2, -0.15) is 4.31 Å². The lowest BCUT2D eigenvalue weighted by Crippen LogP contribution is -2.47. The Kier molecular flexibility index (Phi) is 6.82. The summed E-state index contributed by atoms with van der Waals surface area (Å²) in [6.45, 7) is 4.58. The lowest BCUT2D eigenvalue weighted by Gasteiger charge is -2.28. The molecule has 0 radical (unpaired) electrons. The Labute approximate surface area is 219 Å². The molecule has 1 aliphatic heterocycles. The number of carbonyl (C=O) groups excluding carboxylic acids is 1. The summed E-state index contributed by atoms with van der Waals surface area (Å²) in [6, 6.07) is 13.0. The van der Waals surface area contributed by atoms with Gasteiger partial charge < -0.3 is 0 Å². The maximum atomic E-state index is 14.1. The Bertz CT molecular complexity index is 1520. The normalized spacial score (nSPS) is 16.5. The highest BCUT2D eigenvalue weighted by Gasteiger charge is 2.42. The minimum atomic E-state index is -3.88. The standard InChI is InChI=1S/C26H25ClN4O3S2/c1-17-7-12-23-24(18(17)2)29-26(35-23)30(16-19-5-3-13-28-15-19)25(32)22-6-4-14-31(22)36(33,34)21-10-8-20(27)9-11-21/h3,5,7-13,15,22H,4,6,14,16H2,1-2H3. The van der Waals surface area contributed by atoms with Crippen molar-refractivity contribution < 1.29 is 13.2 Å². The zero-order chi connectivity index (χ0) is 25.4. The van der Waals surface area contributed by atoms with Gasteiger partial charge in [-0.1, -0.05) is 35.1 Å². The molecule has 4 aromatic rings. The number of sulfonamides is 1. The second kappa shape index (κ2) is 9.89. The van der Waals surface area contributed by atoms with Crippen LogP contribution in [0.3, 0.4) is 0 Å². The average molecular weight is 541 g/mol. The molecule has 7 nitrogen and oxygen atoms in total. The number of carbonyl (C=O) groups is 1. The van der Waals surface area contributed by atoms with Crippen LogP contribution in [0.1, 0.15) is 29.5 Å². The monoisotopic (exact) mass is 540 g/mol. The third kappa shape index (κ3) is 4.64. The Hall–Kier alpha value is -2.85. The van der Waals surface area contributed by atoms with E-state index in [9.17, 15) is 13.2 Å². The number of pyridine rings is 1. The van der Waals surface area contributed by atoms with Crippen LogP contribution in [-0.4, -0.2) is 41.2 Å². The molecule has 2 aromatic carbocycles. The van der Waals surface area contributed by atoms with Crippen LogP contribution < -0.4 is 4.90 Å². The molecule has 1 atom stereocenters. The minimum absolute atomic E-state index is 0.122. The number of amides is 1. The second-order valence-corrected chi connectivity index (χ2v) is 12.2. The van der Waals surface area contributed by atoms with E-state index in [1.54, 1.807) is 29.4 Å². The van der Waals surface area contributed by atoms with Crippen LogP contribution in [0.25, 0.3) is 10.2 Å². The van der Waals surface area contributed by atoms with E-state index in [0.717, 1.165) is 26.9 Å². The summed E-state index contributed by atoms with van der Waals surface area (Å²) >= 11 is 7.39. The maximum Gasteiger partial charge on any atom is 0.247 e. The van der Waals surface area contributed by atoms with E-state index in [1.807, 2.05) is 38.1 Å². The van der Waals surface area contributed by atoms with Gasteiger partial charge in [0.15, 0.2) is 5.13 Å². The van der Waals surface area contributed by atoms with E-state index >= 15 is 0 Å². The SMILES string of the molecule is Cc1ccc2sc(N(Cc3cccnc3)C(=O)C3CCCN3S(=O)(=O)c3ccc(Cl)cc3)nc2c1C. The van der Waals surface area contributed by atoms with Gasteiger partial charge in [0.1, 0.15) is 6.04 Å². The molecule has 0 spiro atoms. The maximum absolute atomic E-state index is 14.1. The van der Waals surface area contributed by atoms with Crippen molar-refractivity contribution in [2.24, 2.45) is 0 Å². The molecular weight excluding hydrogens is 516 g/mol. The zero-order valence-electron chi connectivity index (χ0n) is 19.9. The Morgan fingerprint density at radius 3 is 2.67 bits per heavy atom. The molecule has 1 aliphatic rings. The average Bonchev–Trinajstić information content (AvgIpc) is 3.54. The summed E-state index contributed by atoms with van der Waals surface area (Å²) in [5.41, 5.74) is 3.89. The lowest BCUT2D eigenvalue weighted by molar-refractivity contribution is -0.121. The van der Waals surface area contributed by atoms with Crippen molar-refractivity contribution in [3.05, 3.63) is 82.6 Å². The lowest BCUT2D eigenvalue weighted by atomic mass is 10.1. The van der Waals surface area contributed by atoms with Gasteiger partial charge in [-0.25, -0.2) is 13.4 Å². The van der Waals surface area contributed by atoms with Crippen LogP contribution in [0.15, 0.2) is 65.8 Å². The molecule has 1 amide bonds. The number of thiazole rings is 1. The minimum Gasteiger partial charge on any atom is -0.282 e. The molecule has 1 fully saturated rings. The van der Waals surface area contributed by atoms with Crippen molar-refractivity contribution in [2.75, 3.05) is 11.4 Å². The number of hydrogen-bond acceptors (Lipinski definition) is 6. The number of rotatable bonds is 6. The van der Waals surface area contributed by atoms with E-state index < -0.39 is 16.1 Å². The van der Waals surface area contributed by atoms with Crippen molar-refractivity contribution >= 4 is 54.2 Å². The fraction of sp³-hybridized carbons (Fsp3) is 0.269. The first-order valence-electron chi connectivity index (χ1n) is 11.6. The van der Waals surface area contributed by atoms with Gasteiger partial charge in [-0.15, -0.1) is 0 Å². The largest absolute Gasteiger partial charge is 0.282 e. The zero-order valence-corrected chi connectivity index (χ0v) is 22.3. The highest BCUT2D eigenvalue weighted by atomic mass is 35.5. The van der Waals surface area contributed by atoms with E-state index in [0.29, 0.717) is 23.0 Å². The van der Waals surface area contributed by atoms with Crippen LogP contribution in [0.4, 0.5) is 5.13 Å². The van der Waals surface area contributed by atoms with Crippen molar-refractivity contribution in [3.8, 4) is 0 Å². The molecule has 2 aromatic heterocycles. The molecule has 3 heterocycles. The van der Waals surface area contributed by atoms with Crippen LogP contribution in [-0.2, 0) is 21.4 Å². The van der Waals surface area contributed by atoms with Crippen molar-refractivity contribution in [2.45, 2.75) is 44.2 Å². The number of hydrogen-bond donors (Lipinski definition) is 0. The summed E-state index contributed by atoms with van der Waals surface area (Å²) in [5, 5.41) is 0.996. The third-order valence-corrected chi connectivity index (χ3v) is 9.76. The molecule has 5 rings (SSSR count). The van der Waals surface area contributed by atoms with Gasteiger partial charge >= 0.3 is 0 Å². The fourth-order valence-electron chi connectivity index (χ4n) is 4.44. The van der Waals surface area contributed by atoms with Gasteiger partial charge in [0.05, 0.1) is 21.7 Å². The number of benzene rings is 2. The number of aryl methyl sites for hydroxylation is 2. The molecular formula is C26H25ClN4O3S2. The first-order valence-corrected chi connectivity index (χ1v) is 14.2. The van der Waals surface area contributed by atoms with Crippen LogP contribution in [0.2, 0.25) is 5.02 Å². The molecule has 1 saturated heterocycles. The molecule has 0 aliphatic carbocycles. The van der Waals surface area contributed by atoms with Crippen LogP contribution >= 0.6 is 22.9 Å². The topological polar surface area (TPSA) is 83.5 Å². The Morgan fingerprint density at radius 2 is 1.94 bits per heavy atom. The summed E-state index contributed by atoms with van der Waals surface area (Å²) in [7, 11) is -3.88. The third-order valence-electron chi connectivity index (χ3n) is 6.54. The number of anilines is 1. The van der Waals surface area contributed by atoms with Crippen LogP contribution in [0, 0.1) is 13.8 Å². The Morgan fingerprint density at radius 1 is 1.17 bits per heavy atom. The van der Waals surface area contributed by atoms with Gasteiger partial charge in [0.2, 0.25) is 15.9 Å². The number of halogens is 1. The molecule has 0 bridgehead atoms. The highest BCUT2D eigenvalue weighted by molar-refractivity contribution is 7.89. The van der Waals surface area contributed by atoms with E-state index in [2.05, 4.69) is 4.98 Å². The number of aromatic nitrogens is 2. The van der Waals surface area contributed by atoms with E-state index in [1.165, 1.54) is 27.8 Å². The summed E-state index contributed by atoms with van der Waals surface area (Å²) in [6.07, 6.45) is 4.43. The Balaban J connectivity index is 1.54. The fourth-order valence-corrected chi connectivity index (χ4v) is 7.25. The van der Waals surface area contributed by atoms with Crippen molar-refractivity contribution in [1.82, 2.24) is 14.3 Å². The first kappa shape index (κ1) is 24.8. The smallest absolute Gasteiger partial charge is 0.247 e. The van der Waals surface area contributed by atoms with Crippen molar-refractivity contribution in [3.63, 3.8) is 0 Å². The molecule has 10 heteroatoms. The molecule has 1 unspecified atom stereocenters. The predicted molar refractivity (Wildman–Crippen MR) is 143 cm³/mol.